The minimum Gasteiger partial charge on any atom is -0.458 e. The van der Waals surface area contributed by atoms with Gasteiger partial charge in [0, 0.05) is 5.56 Å². The van der Waals surface area contributed by atoms with Crippen molar-refractivity contribution in [2.45, 2.75) is 51.4 Å². The van der Waals surface area contributed by atoms with E-state index in [-0.39, 0.29) is 0 Å². The molecule has 2 aromatic carbocycles. The summed E-state index contributed by atoms with van der Waals surface area (Å²) in [6.07, 6.45) is -0.154. The molecule has 0 saturated carbocycles. The molecule has 2 aromatic rings. The molecule has 0 heterocycles. The van der Waals surface area contributed by atoms with Crippen LogP contribution in [-0.2, 0) is 16.0 Å². The third-order valence-electron chi connectivity index (χ3n) is 3.94. The zero-order valence-corrected chi connectivity index (χ0v) is 16.0. The number of hydrogen-bond acceptors (Lipinski definition) is 4. The topological polar surface area (TPSA) is 75.6 Å². The van der Waals surface area contributed by atoms with Crippen LogP contribution in [0.4, 0.5) is 0 Å². The van der Waals surface area contributed by atoms with Crippen molar-refractivity contribution >= 4 is 11.9 Å². The zero-order valence-electron chi connectivity index (χ0n) is 16.0. The second kappa shape index (κ2) is 9.33. The molecule has 2 N–H and O–H groups in total. The van der Waals surface area contributed by atoms with Crippen molar-refractivity contribution in [3.63, 3.8) is 0 Å². The first-order chi connectivity index (χ1) is 12.8. The van der Waals surface area contributed by atoms with Crippen LogP contribution in [0, 0.1) is 0 Å². The van der Waals surface area contributed by atoms with E-state index in [1.54, 1.807) is 51.1 Å². The van der Waals surface area contributed by atoms with Crippen molar-refractivity contribution in [2.75, 3.05) is 0 Å². The Balaban J connectivity index is 2.10. The van der Waals surface area contributed by atoms with E-state index in [1.807, 2.05) is 30.3 Å². The van der Waals surface area contributed by atoms with E-state index in [1.165, 1.54) is 0 Å². The summed E-state index contributed by atoms with van der Waals surface area (Å²) in [5.41, 5.74) is 0.751. The highest BCUT2D eigenvalue weighted by Crippen LogP contribution is 2.14. The second-order valence-corrected chi connectivity index (χ2v) is 7.44. The molecule has 5 heteroatoms. The first kappa shape index (κ1) is 20.6. The van der Waals surface area contributed by atoms with Gasteiger partial charge in [-0.25, -0.2) is 4.79 Å². The monoisotopic (exact) mass is 369 g/mol. The number of rotatable bonds is 7. The van der Waals surface area contributed by atoms with Crippen LogP contribution in [-0.4, -0.2) is 34.7 Å². The van der Waals surface area contributed by atoms with E-state index in [0.717, 1.165) is 5.56 Å². The quantitative estimate of drug-likeness (QED) is 0.736. The molecule has 0 bridgehead atoms. The third kappa shape index (κ3) is 6.87. The molecule has 5 nitrogen and oxygen atoms in total. The first-order valence-corrected chi connectivity index (χ1v) is 9.07. The van der Waals surface area contributed by atoms with Crippen molar-refractivity contribution in [1.29, 1.82) is 0 Å². The Morgan fingerprint density at radius 1 is 1.00 bits per heavy atom. The molecular formula is C22H27NO4. The molecule has 0 unspecified atom stereocenters. The average Bonchev–Trinajstić information content (AvgIpc) is 2.64. The van der Waals surface area contributed by atoms with Crippen LogP contribution in [0.15, 0.2) is 60.7 Å². The van der Waals surface area contributed by atoms with Gasteiger partial charge in [0.2, 0.25) is 0 Å². The number of carbonyl (C=O) groups excluding carboxylic acids is 2. The average molecular weight is 369 g/mol. The van der Waals surface area contributed by atoms with Crippen LogP contribution in [0.1, 0.15) is 43.1 Å². The summed E-state index contributed by atoms with van der Waals surface area (Å²) < 4.78 is 5.40. The minimum atomic E-state index is -1.14. The van der Waals surface area contributed by atoms with Crippen molar-refractivity contribution in [3.8, 4) is 0 Å². The van der Waals surface area contributed by atoms with Gasteiger partial charge in [0.1, 0.15) is 5.60 Å². The molecule has 0 spiro atoms. The maximum absolute atomic E-state index is 12.6. The highest BCUT2D eigenvalue weighted by molar-refractivity contribution is 5.96. The number of aryl methyl sites for hydroxylation is 1. The molecule has 0 radical (unpaired) electrons. The lowest BCUT2D eigenvalue weighted by atomic mass is 10.0. The highest BCUT2D eigenvalue weighted by Gasteiger charge is 2.32. The normalized spacial score (nSPS) is 13.5. The Morgan fingerprint density at radius 3 is 2.11 bits per heavy atom. The summed E-state index contributed by atoms with van der Waals surface area (Å²) in [5, 5.41) is 13.2. The Labute approximate surface area is 160 Å². The number of aliphatic hydroxyl groups excluding tert-OH is 1. The lowest BCUT2D eigenvalue weighted by Crippen LogP contribution is -2.51. The zero-order chi connectivity index (χ0) is 19.9. The Morgan fingerprint density at radius 2 is 1.56 bits per heavy atom. The number of carbonyl (C=O) groups is 2. The lowest BCUT2D eigenvalue weighted by molar-refractivity contribution is -0.160. The molecule has 0 aromatic heterocycles. The van der Waals surface area contributed by atoms with Gasteiger partial charge in [0.25, 0.3) is 5.91 Å². The van der Waals surface area contributed by atoms with Crippen LogP contribution in [0.2, 0.25) is 0 Å². The highest BCUT2D eigenvalue weighted by atomic mass is 16.6. The summed E-state index contributed by atoms with van der Waals surface area (Å²) in [5.74, 6) is -1.07. The number of hydrogen-bond donors (Lipinski definition) is 2. The van der Waals surface area contributed by atoms with Gasteiger partial charge in [0.05, 0.1) is 6.10 Å². The van der Waals surface area contributed by atoms with Crippen LogP contribution >= 0.6 is 0 Å². The van der Waals surface area contributed by atoms with Crippen molar-refractivity contribution in [2.24, 2.45) is 0 Å². The molecule has 0 saturated heterocycles. The fraction of sp³-hybridized carbons (Fsp3) is 0.364. The maximum Gasteiger partial charge on any atom is 0.331 e. The van der Waals surface area contributed by atoms with Gasteiger partial charge in [-0.05, 0) is 51.3 Å². The molecule has 0 aliphatic rings. The van der Waals surface area contributed by atoms with Crippen molar-refractivity contribution < 1.29 is 19.4 Å². The largest absolute Gasteiger partial charge is 0.458 e. The van der Waals surface area contributed by atoms with Gasteiger partial charge in [-0.2, -0.15) is 0 Å². The van der Waals surface area contributed by atoms with E-state index >= 15 is 0 Å². The van der Waals surface area contributed by atoms with Gasteiger partial charge in [0.15, 0.2) is 6.04 Å². The molecule has 0 aliphatic carbocycles. The number of benzene rings is 2. The van der Waals surface area contributed by atoms with E-state index < -0.39 is 29.6 Å². The fourth-order valence-electron chi connectivity index (χ4n) is 2.62. The van der Waals surface area contributed by atoms with Crippen molar-refractivity contribution in [1.82, 2.24) is 5.32 Å². The number of aliphatic hydroxyl groups is 1. The third-order valence-corrected chi connectivity index (χ3v) is 3.94. The molecule has 1 amide bonds. The lowest BCUT2D eigenvalue weighted by Gasteiger charge is -2.27. The van der Waals surface area contributed by atoms with Gasteiger partial charge in [-0.15, -0.1) is 0 Å². The molecule has 0 aliphatic heterocycles. The molecule has 27 heavy (non-hydrogen) atoms. The Bertz CT molecular complexity index is 738. The Hall–Kier alpha value is -2.66. The summed E-state index contributed by atoms with van der Waals surface area (Å²) in [6.45, 7) is 5.24. The minimum absolute atomic E-state index is 0.322. The van der Waals surface area contributed by atoms with E-state index in [2.05, 4.69) is 5.32 Å². The number of esters is 1. The van der Waals surface area contributed by atoms with Crippen LogP contribution in [0.25, 0.3) is 0 Å². The fourth-order valence-corrected chi connectivity index (χ4v) is 2.62. The molecule has 0 fully saturated rings. The van der Waals surface area contributed by atoms with E-state index in [4.69, 9.17) is 4.74 Å². The Kier molecular flexibility index (Phi) is 7.13. The first-order valence-electron chi connectivity index (χ1n) is 9.07. The van der Waals surface area contributed by atoms with Gasteiger partial charge in [-0.1, -0.05) is 48.5 Å². The SMILES string of the molecule is CC(C)(C)OC(=O)[C@@H](NC(=O)c1ccccc1)[C@H](O)CCc1ccccc1. The van der Waals surface area contributed by atoms with Gasteiger partial charge in [-0.3, -0.25) is 4.79 Å². The van der Waals surface area contributed by atoms with Crippen LogP contribution < -0.4 is 5.32 Å². The predicted octanol–water partition coefficient (Wildman–Crippen LogP) is 3.12. The van der Waals surface area contributed by atoms with E-state index in [0.29, 0.717) is 18.4 Å². The molecule has 2 rings (SSSR count). The molecule has 144 valence electrons. The van der Waals surface area contributed by atoms with Crippen molar-refractivity contribution in [3.05, 3.63) is 71.8 Å². The number of ether oxygens (including phenoxy) is 1. The molecule has 2 atom stereocenters. The smallest absolute Gasteiger partial charge is 0.331 e. The summed E-state index contributed by atoms with van der Waals surface area (Å²) in [6, 6.07) is 17.1. The van der Waals surface area contributed by atoms with Gasteiger partial charge >= 0.3 is 5.97 Å². The summed E-state index contributed by atoms with van der Waals surface area (Å²) in [4.78, 5) is 25.1. The standard InChI is InChI=1S/C22H27NO4/c1-22(2,3)27-21(26)19(23-20(25)17-12-8-5-9-13-17)18(24)15-14-16-10-6-4-7-11-16/h4-13,18-19,24H,14-15H2,1-3H3,(H,23,25)/t18-,19+/m1/s1. The second-order valence-electron chi connectivity index (χ2n) is 7.44. The maximum atomic E-state index is 12.6. The van der Waals surface area contributed by atoms with Crippen LogP contribution in [0.5, 0.6) is 0 Å². The predicted molar refractivity (Wildman–Crippen MR) is 104 cm³/mol. The van der Waals surface area contributed by atoms with Crippen LogP contribution in [0.3, 0.4) is 0 Å². The van der Waals surface area contributed by atoms with E-state index in [9.17, 15) is 14.7 Å². The number of amides is 1. The molecular weight excluding hydrogens is 342 g/mol. The number of nitrogens with one attached hydrogen (secondary N) is 1. The summed E-state index contributed by atoms with van der Waals surface area (Å²) in [7, 11) is 0. The summed E-state index contributed by atoms with van der Waals surface area (Å²) >= 11 is 0. The van der Waals surface area contributed by atoms with Gasteiger partial charge < -0.3 is 15.2 Å².